The molecule has 0 N–H and O–H groups in total. The van der Waals surface area contributed by atoms with Crippen molar-refractivity contribution in [1.29, 1.82) is 0 Å². The predicted octanol–water partition coefficient (Wildman–Crippen LogP) is 1.37. The average molecular weight is 249 g/mol. The Labute approximate surface area is 67.1 Å². The van der Waals surface area contributed by atoms with Crippen LogP contribution in [-0.2, 0) is 32.7 Å². The molecule has 0 saturated carbocycles. The van der Waals surface area contributed by atoms with E-state index in [-0.39, 0.29) is 32.7 Å². The Kier molecular flexibility index (Phi) is 12.0. The zero-order chi connectivity index (χ0) is 3.58. The second-order valence-corrected chi connectivity index (χ2v) is 11.6. The first-order chi connectivity index (χ1) is 1.73. The van der Waals surface area contributed by atoms with Crippen LogP contribution in [0.4, 0.5) is 0 Å². The van der Waals surface area contributed by atoms with Crippen LogP contribution in [0.5, 0.6) is 0 Å². The summed E-state index contributed by atoms with van der Waals surface area (Å²) in [6, 6.07) is 0. The molecule has 0 atom stereocenters. The van der Waals surface area contributed by atoms with Gasteiger partial charge in [-0.05, 0) is 0 Å². The minimum atomic E-state index is -0.637. The summed E-state index contributed by atoms with van der Waals surface area (Å²) in [5.74, 6) is 0. The van der Waals surface area contributed by atoms with Gasteiger partial charge in [0.2, 0.25) is 0 Å². The minimum absolute atomic E-state index is 0. The van der Waals surface area contributed by atoms with Gasteiger partial charge in [-0.1, -0.05) is 0 Å². The molecule has 0 aliphatic heterocycles. The Hall–Kier alpha value is 1.97. The van der Waals surface area contributed by atoms with Gasteiger partial charge in [0.15, 0.2) is 0 Å². The Bertz CT molecular complexity index is 11.6. The summed E-state index contributed by atoms with van der Waals surface area (Å²) in [6.07, 6.45) is 0. The SMILES string of the molecule is [CH3][In]([CH3])[CH3].[Y]. The molecule has 0 saturated heterocycles. The summed E-state index contributed by atoms with van der Waals surface area (Å²) in [5, 5.41) is 0. The van der Waals surface area contributed by atoms with Crippen LogP contribution < -0.4 is 0 Å². The summed E-state index contributed by atoms with van der Waals surface area (Å²) in [5.41, 5.74) is 0. The molecule has 0 aliphatic rings. The van der Waals surface area contributed by atoms with E-state index in [1.54, 1.807) is 0 Å². The molecule has 5 heavy (non-hydrogen) atoms. The van der Waals surface area contributed by atoms with Gasteiger partial charge in [-0.3, -0.25) is 0 Å². The number of hydrogen-bond acceptors (Lipinski definition) is 0. The van der Waals surface area contributed by atoms with Gasteiger partial charge in [0, 0.05) is 32.7 Å². The Morgan fingerprint density at radius 3 is 1.00 bits per heavy atom. The van der Waals surface area contributed by atoms with Crippen LogP contribution in [0.3, 0.4) is 0 Å². The molecular formula is C3H9InY. The summed E-state index contributed by atoms with van der Waals surface area (Å²) >= 11 is -0.637. The van der Waals surface area contributed by atoms with Crippen LogP contribution in [0, 0.1) is 0 Å². The van der Waals surface area contributed by atoms with Gasteiger partial charge < -0.3 is 0 Å². The number of hydrogen-bond donors (Lipinski definition) is 0. The molecule has 0 nitrogen and oxygen atoms in total. The molecule has 0 unspecified atom stereocenters. The van der Waals surface area contributed by atoms with Gasteiger partial charge in [-0.2, -0.15) is 0 Å². The van der Waals surface area contributed by atoms with Crippen molar-refractivity contribution < 1.29 is 32.7 Å². The predicted molar refractivity (Wildman–Crippen MR) is 23.3 cm³/mol. The van der Waals surface area contributed by atoms with E-state index in [0.29, 0.717) is 0 Å². The van der Waals surface area contributed by atoms with Gasteiger partial charge in [0.1, 0.15) is 0 Å². The topological polar surface area (TPSA) is 0 Å². The average Bonchev–Trinajstić information content (AvgIpc) is 0.811. The zero-order valence-corrected chi connectivity index (χ0v) is 10.3. The van der Waals surface area contributed by atoms with Crippen molar-refractivity contribution in [2.75, 3.05) is 0 Å². The standard InChI is InChI=1S/3CH3.In.Y/h3*1H3;;. The van der Waals surface area contributed by atoms with Crippen molar-refractivity contribution in [3.63, 3.8) is 0 Å². The van der Waals surface area contributed by atoms with E-state index in [2.05, 4.69) is 14.0 Å². The number of rotatable bonds is 0. The van der Waals surface area contributed by atoms with Crippen molar-refractivity contribution in [1.82, 2.24) is 0 Å². The fourth-order valence-corrected chi connectivity index (χ4v) is 0. The van der Waals surface area contributed by atoms with E-state index in [4.69, 9.17) is 0 Å². The zero-order valence-electron chi connectivity index (χ0n) is 4.15. The fraction of sp³-hybridized carbons (Fsp3) is 1.00. The molecule has 0 bridgehead atoms. The van der Waals surface area contributed by atoms with Crippen LogP contribution >= 0.6 is 0 Å². The first kappa shape index (κ1) is 10.1. The molecular weight excluding hydrogens is 240 g/mol. The van der Waals surface area contributed by atoms with Gasteiger partial charge in [0.25, 0.3) is 0 Å². The van der Waals surface area contributed by atoms with Crippen LogP contribution in [0.25, 0.3) is 0 Å². The molecule has 0 rings (SSSR count). The summed E-state index contributed by atoms with van der Waals surface area (Å²) < 4.78 is 7.13. The van der Waals surface area contributed by atoms with Crippen molar-refractivity contribution in [3.8, 4) is 0 Å². The molecule has 0 heterocycles. The van der Waals surface area contributed by atoms with Crippen molar-refractivity contribution in [2.24, 2.45) is 0 Å². The second-order valence-electron chi connectivity index (χ2n) is 1.73. The second kappa shape index (κ2) is 5.97. The van der Waals surface area contributed by atoms with Crippen molar-refractivity contribution in [3.05, 3.63) is 0 Å². The first-order valence-electron chi connectivity index (χ1n) is 1.73. The molecule has 0 aromatic heterocycles. The van der Waals surface area contributed by atoms with E-state index in [1.807, 2.05) is 0 Å². The quantitative estimate of drug-likeness (QED) is 0.608. The van der Waals surface area contributed by atoms with Gasteiger partial charge in [-0.15, -0.1) is 0 Å². The van der Waals surface area contributed by atoms with Gasteiger partial charge in [0.05, 0.1) is 0 Å². The van der Waals surface area contributed by atoms with E-state index < -0.39 is 21.4 Å². The fourth-order valence-electron chi connectivity index (χ4n) is 0. The smallest absolute Gasteiger partial charge is 0 e. The van der Waals surface area contributed by atoms with Crippen molar-refractivity contribution >= 4 is 21.4 Å². The largest absolute Gasteiger partial charge is 0 e. The van der Waals surface area contributed by atoms with E-state index in [1.165, 1.54) is 0 Å². The maximum atomic E-state index is 2.38. The maximum absolute atomic E-state index is 2.38. The van der Waals surface area contributed by atoms with Gasteiger partial charge >= 0.3 is 35.5 Å². The molecule has 0 aromatic carbocycles. The summed E-state index contributed by atoms with van der Waals surface area (Å²) in [6.45, 7) is 0. The van der Waals surface area contributed by atoms with Gasteiger partial charge in [-0.25, -0.2) is 0 Å². The Morgan fingerprint density at radius 2 is 1.00 bits per heavy atom. The first-order valence-corrected chi connectivity index (χ1v) is 11.6. The van der Waals surface area contributed by atoms with E-state index in [0.717, 1.165) is 0 Å². The maximum Gasteiger partial charge on any atom is 0 e. The van der Waals surface area contributed by atoms with Crippen LogP contribution in [-0.4, -0.2) is 21.4 Å². The van der Waals surface area contributed by atoms with Crippen LogP contribution in [0.15, 0.2) is 0 Å². The van der Waals surface area contributed by atoms with E-state index >= 15 is 0 Å². The molecule has 0 spiro atoms. The monoisotopic (exact) mass is 249 g/mol. The summed E-state index contributed by atoms with van der Waals surface area (Å²) in [7, 11) is 0. The van der Waals surface area contributed by atoms with Crippen LogP contribution in [0.2, 0.25) is 14.0 Å². The third-order valence-electron chi connectivity index (χ3n) is 0. The van der Waals surface area contributed by atoms with Crippen LogP contribution in [0.1, 0.15) is 0 Å². The van der Waals surface area contributed by atoms with Crippen molar-refractivity contribution in [2.45, 2.75) is 14.0 Å². The molecule has 0 amide bonds. The Morgan fingerprint density at radius 1 is 1.00 bits per heavy atom. The third-order valence-corrected chi connectivity index (χ3v) is 0. The molecule has 0 fully saturated rings. The normalized spacial score (nSPS) is 5.40. The molecule has 0 aliphatic carbocycles. The molecule has 2 heteroatoms. The molecule has 0 aromatic rings. The molecule has 1 radical (unpaired) electrons. The minimum Gasteiger partial charge on any atom is 0 e. The Balaban J connectivity index is 0. The molecule has 27 valence electrons. The third kappa shape index (κ3) is 24.2. The van der Waals surface area contributed by atoms with E-state index in [9.17, 15) is 0 Å². The summed E-state index contributed by atoms with van der Waals surface area (Å²) in [4.78, 5) is 0.